The van der Waals surface area contributed by atoms with Crippen LogP contribution in [-0.2, 0) is 31.9 Å². The van der Waals surface area contributed by atoms with Crippen LogP contribution in [0.15, 0.2) is 60.7 Å². The topological polar surface area (TPSA) is 261 Å². The van der Waals surface area contributed by atoms with Gasteiger partial charge in [-0.05, 0) is 41.5 Å². The van der Waals surface area contributed by atoms with Crippen molar-refractivity contribution in [3.8, 4) is 17.2 Å². The second-order valence-corrected chi connectivity index (χ2v) is 12.2. The minimum absolute atomic E-state index is 0.00221. The van der Waals surface area contributed by atoms with Gasteiger partial charge in [-0.15, -0.1) is 0 Å². The first-order valence-corrected chi connectivity index (χ1v) is 16.2. The zero-order valence-electron chi connectivity index (χ0n) is 28.0. The second kappa shape index (κ2) is 17.5. The predicted molar refractivity (Wildman–Crippen MR) is 191 cm³/mol. The number of ether oxygens (including phenoxy) is 3. The van der Waals surface area contributed by atoms with Crippen LogP contribution in [0.5, 0.6) is 17.2 Å². The van der Waals surface area contributed by atoms with E-state index in [1.54, 1.807) is 12.1 Å². The number of phenolic OH excluding ortho intramolecular Hbond substituents is 1. The largest absolute Gasteiger partial charge is 0.506 e. The molecule has 2 aliphatic rings. The Balaban J connectivity index is 0.000000202. The van der Waals surface area contributed by atoms with Gasteiger partial charge >= 0.3 is 17.6 Å². The van der Waals surface area contributed by atoms with Gasteiger partial charge in [-0.3, -0.25) is 59.6 Å². The number of carbonyl (C=O) groups excluding carboxylic acids is 6. The Labute approximate surface area is 323 Å². The van der Waals surface area contributed by atoms with Crippen LogP contribution in [0.4, 0.5) is 11.4 Å². The number of rotatable bonds is 8. The molecular weight excluding hydrogens is 795 g/mol. The zero-order chi connectivity index (χ0) is 40.7. The summed E-state index contributed by atoms with van der Waals surface area (Å²) in [7, 11) is 2.58. The molecule has 6 rings (SSSR count). The summed E-state index contributed by atoms with van der Waals surface area (Å²) in [5.41, 5.74) is 0.320. The third kappa shape index (κ3) is 9.87. The monoisotopic (exact) mass is 816 g/mol. The molecule has 0 fully saturated rings. The number of nitrogens with zero attached hydrogens (tertiary/aromatic N) is 2. The molecule has 0 bridgehead atoms. The van der Waals surface area contributed by atoms with Gasteiger partial charge in [-0.1, -0.05) is 46.9 Å². The van der Waals surface area contributed by atoms with Crippen molar-refractivity contribution in [2.75, 3.05) is 14.2 Å². The number of benzene rings is 4. The summed E-state index contributed by atoms with van der Waals surface area (Å²) in [5, 5.41) is 35.2. The van der Waals surface area contributed by atoms with E-state index in [4.69, 9.17) is 44.6 Å². The van der Waals surface area contributed by atoms with Gasteiger partial charge in [0.15, 0.2) is 0 Å². The lowest BCUT2D eigenvalue weighted by Crippen LogP contribution is -2.19. The standard InChI is InChI=1S/C17H11ClN2O7.C9H9ClO3.C8H3ClN2O4/c1-26-15(21)5-8-2-3-13(11(18)4-8)27-14-7-10-9(6-12(14)20(24)25)16(22)19-17(10)23;1-13-9(12)5-6-2-3-8(11)7(10)4-6;9-5-1-3-4(2-6(5)11(14)15)8(13)10-7(3)12/h2-4,6-7H,5H2,1H3,(H,19,22,23);2-4,11H,5H2,1H3;1-2H,(H,10,12,13). The highest BCUT2D eigenvalue weighted by atomic mass is 35.5. The lowest BCUT2D eigenvalue weighted by molar-refractivity contribution is -0.385. The summed E-state index contributed by atoms with van der Waals surface area (Å²) in [4.78, 5) is 88.3. The van der Waals surface area contributed by atoms with Crippen LogP contribution in [0.2, 0.25) is 15.1 Å². The van der Waals surface area contributed by atoms with Crippen molar-refractivity contribution >= 4 is 81.7 Å². The minimum Gasteiger partial charge on any atom is -0.506 e. The van der Waals surface area contributed by atoms with E-state index in [0.717, 1.165) is 29.8 Å². The van der Waals surface area contributed by atoms with Crippen LogP contribution in [0.25, 0.3) is 0 Å². The fraction of sp³-hybridized carbons (Fsp3) is 0.118. The summed E-state index contributed by atoms with van der Waals surface area (Å²) >= 11 is 17.3. The molecule has 18 nitrogen and oxygen atoms in total. The molecule has 3 N–H and O–H groups in total. The number of nitro groups is 2. The Bertz CT molecular complexity index is 2310. The van der Waals surface area contributed by atoms with E-state index in [1.807, 2.05) is 5.32 Å². The molecule has 0 saturated heterocycles. The lowest BCUT2D eigenvalue weighted by atomic mass is 10.1. The SMILES string of the molecule is COC(=O)Cc1ccc(O)c(Cl)c1.COC(=O)Cc1ccc(Oc2cc3c(cc2[N+](=O)[O-])C(=O)NC3=O)c(Cl)c1.O=C1NC(=O)c2cc([N+](=O)[O-])c(Cl)cc21. The van der Waals surface area contributed by atoms with Gasteiger partial charge in [0.05, 0.1) is 69.2 Å². The van der Waals surface area contributed by atoms with Crippen LogP contribution in [0.3, 0.4) is 0 Å². The Morgan fingerprint density at radius 3 is 1.51 bits per heavy atom. The Hall–Kier alpha value is -6.63. The van der Waals surface area contributed by atoms with E-state index in [-0.39, 0.29) is 79.1 Å². The number of nitro benzene ring substituents is 2. The Morgan fingerprint density at radius 2 is 1.05 bits per heavy atom. The fourth-order valence-electron chi connectivity index (χ4n) is 4.72. The van der Waals surface area contributed by atoms with Crippen molar-refractivity contribution in [2.45, 2.75) is 12.8 Å². The molecular formula is C34H23Cl3N4O14. The highest BCUT2D eigenvalue weighted by Gasteiger charge is 2.33. The number of fused-ring (bicyclic) bond motifs is 2. The van der Waals surface area contributed by atoms with E-state index < -0.39 is 45.1 Å². The van der Waals surface area contributed by atoms with Gasteiger partial charge in [0, 0.05) is 18.2 Å². The molecule has 4 amide bonds. The fourth-order valence-corrected chi connectivity index (χ4v) is 5.39. The van der Waals surface area contributed by atoms with E-state index in [0.29, 0.717) is 5.56 Å². The maximum Gasteiger partial charge on any atom is 0.312 e. The van der Waals surface area contributed by atoms with Gasteiger partial charge in [0.25, 0.3) is 29.3 Å². The van der Waals surface area contributed by atoms with Gasteiger partial charge in [-0.2, -0.15) is 0 Å². The molecule has 0 spiro atoms. The van der Waals surface area contributed by atoms with Crippen molar-refractivity contribution in [2.24, 2.45) is 0 Å². The molecule has 0 radical (unpaired) electrons. The zero-order valence-corrected chi connectivity index (χ0v) is 30.2. The number of esters is 2. The van der Waals surface area contributed by atoms with Crippen molar-refractivity contribution in [3.63, 3.8) is 0 Å². The van der Waals surface area contributed by atoms with Crippen molar-refractivity contribution in [3.05, 3.63) is 129 Å². The third-order valence-electron chi connectivity index (χ3n) is 7.39. The van der Waals surface area contributed by atoms with Crippen molar-refractivity contribution in [1.29, 1.82) is 0 Å². The first-order chi connectivity index (χ1) is 25.9. The number of halogens is 3. The van der Waals surface area contributed by atoms with Crippen molar-refractivity contribution < 1.29 is 57.9 Å². The summed E-state index contributed by atoms with van der Waals surface area (Å²) in [6.07, 6.45) is 0.161. The molecule has 2 aliphatic heterocycles. The number of imide groups is 2. The number of phenols is 1. The summed E-state index contributed by atoms with van der Waals surface area (Å²) in [6.45, 7) is 0. The number of amides is 4. The van der Waals surface area contributed by atoms with Crippen LogP contribution < -0.4 is 15.4 Å². The predicted octanol–water partition coefficient (Wildman–Crippen LogP) is 5.53. The Kier molecular flexibility index (Phi) is 13.1. The smallest absolute Gasteiger partial charge is 0.312 e. The van der Waals surface area contributed by atoms with Gasteiger partial charge in [0.1, 0.15) is 16.5 Å². The first-order valence-electron chi connectivity index (χ1n) is 15.0. The summed E-state index contributed by atoms with van der Waals surface area (Å²) < 4.78 is 14.6. The molecule has 4 aromatic rings. The average molecular weight is 818 g/mol. The second-order valence-electron chi connectivity index (χ2n) is 11.0. The van der Waals surface area contributed by atoms with E-state index in [1.165, 1.54) is 38.5 Å². The highest BCUT2D eigenvalue weighted by Crippen LogP contribution is 2.38. The number of nitrogens with one attached hydrogen (secondary N) is 2. The number of hydrogen-bond donors (Lipinski definition) is 3. The Morgan fingerprint density at radius 1 is 0.618 bits per heavy atom. The maximum atomic E-state index is 11.8. The number of methoxy groups -OCH3 is 2. The maximum absolute atomic E-state index is 11.8. The molecule has 4 aromatic carbocycles. The third-order valence-corrected chi connectivity index (χ3v) is 8.29. The van der Waals surface area contributed by atoms with E-state index >= 15 is 0 Å². The summed E-state index contributed by atoms with van der Waals surface area (Å²) in [5.74, 6) is -3.56. The molecule has 2 heterocycles. The van der Waals surface area contributed by atoms with Crippen LogP contribution >= 0.6 is 34.8 Å². The lowest BCUT2D eigenvalue weighted by Gasteiger charge is -2.10. The highest BCUT2D eigenvalue weighted by molar-refractivity contribution is 6.34. The summed E-state index contributed by atoms with van der Waals surface area (Å²) in [6, 6.07) is 13.3. The van der Waals surface area contributed by atoms with Crippen LogP contribution in [-0.4, -0.2) is 64.7 Å². The molecule has 284 valence electrons. The van der Waals surface area contributed by atoms with E-state index in [2.05, 4.69) is 14.8 Å². The number of carbonyl (C=O) groups is 6. The van der Waals surface area contributed by atoms with Crippen molar-refractivity contribution in [1.82, 2.24) is 10.6 Å². The molecule has 21 heteroatoms. The number of aromatic hydroxyl groups is 1. The van der Waals surface area contributed by atoms with Gasteiger partial charge in [0.2, 0.25) is 5.75 Å². The molecule has 0 atom stereocenters. The molecule has 0 aromatic heterocycles. The molecule has 0 aliphatic carbocycles. The first kappa shape index (κ1) is 41.1. The molecule has 0 unspecified atom stereocenters. The average Bonchev–Trinajstić information content (AvgIpc) is 3.57. The molecule has 0 saturated carbocycles. The molecule has 55 heavy (non-hydrogen) atoms. The van der Waals surface area contributed by atoms with Gasteiger partial charge in [-0.25, -0.2) is 0 Å². The minimum atomic E-state index is -0.731. The van der Waals surface area contributed by atoms with Crippen LogP contribution in [0, 0.1) is 20.2 Å². The number of hydrogen-bond acceptors (Lipinski definition) is 14. The quantitative estimate of drug-likeness (QED) is 0.0855. The van der Waals surface area contributed by atoms with Crippen LogP contribution in [0.1, 0.15) is 52.6 Å². The normalized spacial score (nSPS) is 12.1. The van der Waals surface area contributed by atoms with E-state index in [9.17, 15) is 49.0 Å². The van der Waals surface area contributed by atoms with Gasteiger partial charge < -0.3 is 19.3 Å².